The van der Waals surface area contributed by atoms with Gasteiger partial charge in [0.2, 0.25) is 0 Å². The second kappa shape index (κ2) is 5.63. The Balaban J connectivity index is 2.69. The highest BCUT2D eigenvalue weighted by molar-refractivity contribution is 5.20. The Morgan fingerprint density at radius 1 is 1.60 bits per heavy atom. The van der Waals surface area contributed by atoms with Crippen LogP contribution in [0.5, 0.6) is 0 Å². The molecule has 1 atom stereocenters. The minimum Gasteiger partial charge on any atom is -0.329 e. The minimum absolute atomic E-state index is 0.0163. The third-order valence-corrected chi connectivity index (χ3v) is 2.14. The molecule has 0 aliphatic heterocycles. The molecule has 0 spiro atoms. The summed E-state index contributed by atoms with van der Waals surface area (Å²) < 4.78 is 13.0. The van der Waals surface area contributed by atoms with E-state index in [1.807, 2.05) is 13.0 Å². The fourth-order valence-electron chi connectivity index (χ4n) is 1.36. The maximum atomic E-state index is 13.0. The van der Waals surface area contributed by atoms with E-state index in [9.17, 15) is 4.39 Å². The van der Waals surface area contributed by atoms with Gasteiger partial charge in [0.05, 0.1) is 0 Å². The van der Waals surface area contributed by atoms with Crippen molar-refractivity contribution >= 4 is 0 Å². The first-order chi connectivity index (χ1) is 7.13. The Bertz CT molecular complexity index is 336. The lowest BCUT2D eigenvalue weighted by Gasteiger charge is -2.17. The molecule has 2 nitrogen and oxygen atoms in total. The first-order valence-electron chi connectivity index (χ1n) is 4.96. The van der Waals surface area contributed by atoms with Crippen LogP contribution < -0.4 is 11.1 Å². The molecule has 1 aromatic rings. The smallest absolute Gasteiger partial charge is 0.123 e. The summed E-state index contributed by atoms with van der Waals surface area (Å²) in [5, 5.41) is 3.22. The molecule has 0 saturated carbocycles. The highest BCUT2D eigenvalue weighted by Gasteiger charge is 2.08. The average molecular weight is 208 g/mol. The molecule has 0 fully saturated rings. The van der Waals surface area contributed by atoms with Gasteiger partial charge < -0.3 is 11.1 Å². The van der Waals surface area contributed by atoms with Crippen LogP contribution in [0, 0.1) is 5.82 Å². The Hall–Kier alpha value is -1.19. The zero-order chi connectivity index (χ0) is 11.3. The lowest BCUT2D eigenvalue weighted by atomic mass is 10.1. The van der Waals surface area contributed by atoms with Gasteiger partial charge in [0.25, 0.3) is 0 Å². The van der Waals surface area contributed by atoms with Gasteiger partial charge in [-0.15, -0.1) is 0 Å². The fraction of sp³-hybridized carbons (Fsp3) is 0.333. The van der Waals surface area contributed by atoms with Gasteiger partial charge in [-0.2, -0.15) is 0 Å². The highest BCUT2D eigenvalue weighted by Crippen LogP contribution is 2.13. The van der Waals surface area contributed by atoms with Gasteiger partial charge in [-0.1, -0.05) is 24.3 Å². The summed E-state index contributed by atoms with van der Waals surface area (Å²) in [5.41, 5.74) is 7.53. The number of halogens is 1. The molecule has 0 aliphatic carbocycles. The van der Waals surface area contributed by atoms with E-state index >= 15 is 0 Å². The van der Waals surface area contributed by atoms with Gasteiger partial charge in [0.15, 0.2) is 0 Å². The predicted molar refractivity (Wildman–Crippen MR) is 61.0 cm³/mol. The lowest BCUT2D eigenvalue weighted by Crippen LogP contribution is -2.29. The highest BCUT2D eigenvalue weighted by atomic mass is 19.1. The zero-order valence-corrected chi connectivity index (χ0v) is 8.96. The van der Waals surface area contributed by atoms with E-state index in [1.54, 1.807) is 6.07 Å². The van der Waals surface area contributed by atoms with Crippen molar-refractivity contribution in [2.75, 3.05) is 13.1 Å². The van der Waals surface area contributed by atoms with E-state index in [0.717, 1.165) is 11.1 Å². The number of hydrogen-bond donors (Lipinski definition) is 2. The van der Waals surface area contributed by atoms with E-state index in [2.05, 4.69) is 11.9 Å². The van der Waals surface area contributed by atoms with Crippen LogP contribution >= 0.6 is 0 Å². The summed E-state index contributed by atoms with van der Waals surface area (Å²) in [6.07, 6.45) is 0. The number of hydrogen-bond acceptors (Lipinski definition) is 2. The monoisotopic (exact) mass is 208 g/mol. The third kappa shape index (κ3) is 3.81. The molecule has 0 radical (unpaired) electrons. The quantitative estimate of drug-likeness (QED) is 0.726. The molecule has 1 unspecified atom stereocenters. The van der Waals surface area contributed by atoms with Crippen molar-refractivity contribution in [2.24, 2.45) is 5.73 Å². The van der Waals surface area contributed by atoms with E-state index in [0.29, 0.717) is 13.1 Å². The van der Waals surface area contributed by atoms with Crippen molar-refractivity contribution < 1.29 is 4.39 Å². The van der Waals surface area contributed by atoms with Crippen molar-refractivity contribution in [1.29, 1.82) is 0 Å². The standard InChI is InChI=1S/C12H17FN2/c1-9(2)8-15-12(7-14)10-4-3-5-11(13)6-10/h3-6,12,15H,1,7-8,14H2,2H3. The second-order valence-electron chi connectivity index (χ2n) is 3.68. The molecule has 3 N–H and O–H groups in total. The molecule has 82 valence electrons. The van der Waals surface area contributed by atoms with Crippen LogP contribution in [0.4, 0.5) is 4.39 Å². The molecule has 0 aliphatic rings. The first kappa shape index (κ1) is 11.9. The van der Waals surface area contributed by atoms with Crippen LogP contribution in [0.1, 0.15) is 18.5 Å². The Morgan fingerprint density at radius 3 is 2.87 bits per heavy atom. The largest absolute Gasteiger partial charge is 0.329 e. The summed E-state index contributed by atoms with van der Waals surface area (Å²) in [6.45, 7) is 6.87. The Morgan fingerprint density at radius 2 is 2.33 bits per heavy atom. The number of benzene rings is 1. The van der Waals surface area contributed by atoms with Gasteiger partial charge >= 0.3 is 0 Å². The summed E-state index contributed by atoms with van der Waals surface area (Å²) in [5.74, 6) is -0.233. The molecule has 0 aromatic heterocycles. The van der Waals surface area contributed by atoms with E-state index in [1.165, 1.54) is 12.1 Å². The molecular weight excluding hydrogens is 191 g/mol. The van der Waals surface area contributed by atoms with E-state index in [-0.39, 0.29) is 11.9 Å². The van der Waals surface area contributed by atoms with Crippen LogP contribution in [-0.4, -0.2) is 13.1 Å². The minimum atomic E-state index is -0.233. The summed E-state index contributed by atoms with van der Waals surface area (Å²) in [4.78, 5) is 0. The molecule has 0 heterocycles. The fourth-order valence-corrected chi connectivity index (χ4v) is 1.36. The van der Waals surface area contributed by atoms with Gasteiger partial charge in [-0.25, -0.2) is 4.39 Å². The topological polar surface area (TPSA) is 38.0 Å². The molecule has 3 heteroatoms. The lowest BCUT2D eigenvalue weighted by molar-refractivity contribution is 0.560. The van der Waals surface area contributed by atoms with Crippen molar-refractivity contribution in [2.45, 2.75) is 13.0 Å². The number of nitrogens with one attached hydrogen (secondary N) is 1. The molecule has 1 aromatic carbocycles. The molecule has 0 bridgehead atoms. The molecule has 0 saturated heterocycles. The van der Waals surface area contributed by atoms with Gasteiger partial charge in [-0.3, -0.25) is 0 Å². The Labute approximate surface area is 90.0 Å². The summed E-state index contributed by atoms with van der Waals surface area (Å²) >= 11 is 0. The molecule has 0 amide bonds. The maximum absolute atomic E-state index is 13.0. The third-order valence-electron chi connectivity index (χ3n) is 2.14. The predicted octanol–water partition coefficient (Wildman–Crippen LogP) is 1.99. The van der Waals surface area contributed by atoms with E-state index in [4.69, 9.17) is 5.73 Å². The SMILES string of the molecule is C=C(C)CNC(CN)c1cccc(F)c1. The molecular formula is C12H17FN2. The summed E-state index contributed by atoms with van der Waals surface area (Å²) in [6, 6.07) is 6.47. The summed E-state index contributed by atoms with van der Waals surface area (Å²) in [7, 11) is 0. The molecule has 1 rings (SSSR count). The number of nitrogens with two attached hydrogens (primary N) is 1. The zero-order valence-electron chi connectivity index (χ0n) is 8.96. The van der Waals surface area contributed by atoms with Crippen LogP contribution in [0.2, 0.25) is 0 Å². The van der Waals surface area contributed by atoms with Crippen LogP contribution in [0.25, 0.3) is 0 Å². The van der Waals surface area contributed by atoms with E-state index < -0.39 is 0 Å². The number of rotatable bonds is 5. The van der Waals surface area contributed by atoms with Gasteiger partial charge in [-0.05, 0) is 24.6 Å². The van der Waals surface area contributed by atoms with Crippen LogP contribution in [0.3, 0.4) is 0 Å². The van der Waals surface area contributed by atoms with Gasteiger partial charge in [0.1, 0.15) is 5.82 Å². The van der Waals surface area contributed by atoms with Crippen LogP contribution in [0.15, 0.2) is 36.4 Å². The van der Waals surface area contributed by atoms with Crippen molar-refractivity contribution in [1.82, 2.24) is 5.32 Å². The second-order valence-corrected chi connectivity index (χ2v) is 3.68. The maximum Gasteiger partial charge on any atom is 0.123 e. The van der Waals surface area contributed by atoms with Crippen LogP contribution in [-0.2, 0) is 0 Å². The van der Waals surface area contributed by atoms with Crippen molar-refractivity contribution in [3.63, 3.8) is 0 Å². The van der Waals surface area contributed by atoms with Crippen molar-refractivity contribution in [3.05, 3.63) is 47.8 Å². The van der Waals surface area contributed by atoms with Gasteiger partial charge in [0, 0.05) is 19.1 Å². The Kier molecular flexibility index (Phi) is 4.46. The molecule has 15 heavy (non-hydrogen) atoms. The average Bonchev–Trinajstić information content (AvgIpc) is 2.18. The first-order valence-corrected chi connectivity index (χ1v) is 4.96. The normalized spacial score (nSPS) is 12.5. The van der Waals surface area contributed by atoms with Crippen molar-refractivity contribution in [3.8, 4) is 0 Å².